The van der Waals surface area contributed by atoms with Gasteiger partial charge in [-0.1, -0.05) is 50.1 Å². The maximum Gasteiger partial charge on any atom is 0.408 e. The van der Waals surface area contributed by atoms with Crippen LogP contribution in [0.5, 0.6) is 0 Å². The van der Waals surface area contributed by atoms with Crippen molar-refractivity contribution >= 4 is 23.9 Å². The summed E-state index contributed by atoms with van der Waals surface area (Å²) in [6.45, 7) is 13.2. The maximum absolute atomic E-state index is 14.3. The average Bonchev–Trinajstić information content (AvgIpc) is 2.79. The van der Waals surface area contributed by atoms with Gasteiger partial charge in [-0.15, -0.1) is 0 Å². The van der Waals surface area contributed by atoms with Crippen molar-refractivity contribution < 1.29 is 28.7 Å². The second-order valence-corrected chi connectivity index (χ2v) is 11.0. The third-order valence-corrected chi connectivity index (χ3v) is 6.69. The van der Waals surface area contributed by atoms with Gasteiger partial charge in [0.05, 0.1) is 13.0 Å². The highest BCUT2D eigenvalue weighted by Crippen LogP contribution is 2.34. The molecule has 38 heavy (non-hydrogen) atoms. The van der Waals surface area contributed by atoms with E-state index in [0.717, 1.165) is 24.8 Å². The van der Waals surface area contributed by atoms with Crippen molar-refractivity contribution in [1.82, 2.24) is 15.5 Å². The SMILES string of the molecule is CCOC(=O)CCNC(=O)C(c1cccc(C)c1)N(C(=O)C(NC(=O)OC(C)(C)C)C(C)CC)C1CCC1. The summed E-state index contributed by atoms with van der Waals surface area (Å²) < 4.78 is 10.4. The standard InChI is InChI=1S/C29H45N3O6/c1-8-20(4)24(31-28(36)38-29(5,6)7)27(35)32(22-14-11-15-22)25(21-13-10-12-19(3)18-21)26(34)30-17-16-23(33)37-9-2/h10,12-13,18,20,22,24-25H,8-9,11,14-17H2,1-7H3,(H,30,34)(H,31,36). The molecule has 1 fully saturated rings. The molecule has 1 aromatic carbocycles. The Bertz CT molecular complexity index is 969. The Kier molecular flexibility index (Phi) is 11.6. The summed E-state index contributed by atoms with van der Waals surface area (Å²) in [5, 5.41) is 5.63. The Morgan fingerprint density at radius 1 is 1.13 bits per heavy atom. The van der Waals surface area contributed by atoms with Crippen molar-refractivity contribution in [3.63, 3.8) is 0 Å². The lowest BCUT2D eigenvalue weighted by molar-refractivity contribution is -0.149. The van der Waals surface area contributed by atoms with Crippen LogP contribution in [0.2, 0.25) is 0 Å². The van der Waals surface area contributed by atoms with Gasteiger partial charge < -0.3 is 25.0 Å². The van der Waals surface area contributed by atoms with Gasteiger partial charge in [-0.2, -0.15) is 0 Å². The van der Waals surface area contributed by atoms with E-state index in [0.29, 0.717) is 12.0 Å². The van der Waals surface area contributed by atoms with Crippen molar-refractivity contribution in [2.24, 2.45) is 5.92 Å². The molecule has 1 aromatic rings. The van der Waals surface area contributed by atoms with E-state index in [-0.39, 0.29) is 43.3 Å². The fourth-order valence-electron chi connectivity index (χ4n) is 4.36. The molecule has 3 atom stereocenters. The third-order valence-electron chi connectivity index (χ3n) is 6.69. The highest BCUT2D eigenvalue weighted by molar-refractivity contribution is 5.92. The first-order valence-corrected chi connectivity index (χ1v) is 13.7. The molecule has 0 spiro atoms. The highest BCUT2D eigenvalue weighted by Gasteiger charge is 2.43. The lowest BCUT2D eigenvalue weighted by Crippen LogP contribution is -2.59. The second-order valence-electron chi connectivity index (χ2n) is 11.0. The van der Waals surface area contributed by atoms with Crippen molar-refractivity contribution in [2.45, 2.75) is 104 Å². The summed E-state index contributed by atoms with van der Waals surface area (Å²) >= 11 is 0. The van der Waals surface area contributed by atoms with E-state index < -0.39 is 29.7 Å². The van der Waals surface area contributed by atoms with Crippen LogP contribution in [0.15, 0.2) is 24.3 Å². The number of hydrogen-bond acceptors (Lipinski definition) is 6. The van der Waals surface area contributed by atoms with Crippen molar-refractivity contribution in [3.8, 4) is 0 Å². The molecule has 0 aromatic heterocycles. The monoisotopic (exact) mass is 531 g/mol. The van der Waals surface area contributed by atoms with E-state index in [1.54, 1.807) is 32.6 Å². The van der Waals surface area contributed by atoms with Gasteiger partial charge in [-0.05, 0) is 65.4 Å². The Hall–Kier alpha value is -3.10. The van der Waals surface area contributed by atoms with Gasteiger partial charge in [0.15, 0.2) is 0 Å². The van der Waals surface area contributed by atoms with E-state index in [9.17, 15) is 19.2 Å². The predicted molar refractivity (Wildman–Crippen MR) is 145 cm³/mol. The fraction of sp³-hybridized carbons (Fsp3) is 0.655. The average molecular weight is 532 g/mol. The van der Waals surface area contributed by atoms with Crippen LogP contribution in [0.4, 0.5) is 4.79 Å². The predicted octanol–water partition coefficient (Wildman–Crippen LogP) is 4.43. The zero-order chi connectivity index (χ0) is 28.5. The first kappa shape index (κ1) is 31.1. The molecule has 3 unspecified atom stereocenters. The normalized spacial score (nSPS) is 15.9. The van der Waals surface area contributed by atoms with Gasteiger partial charge in [0, 0.05) is 12.6 Å². The molecule has 0 aliphatic heterocycles. The Morgan fingerprint density at radius 2 is 1.82 bits per heavy atom. The molecule has 2 rings (SSSR count). The number of nitrogens with zero attached hydrogens (tertiary/aromatic N) is 1. The number of rotatable bonds is 12. The highest BCUT2D eigenvalue weighted by atomic mass is 16.6. The molecular weight excluding hydrogens is 486 g/mol. The topological polar surface area (TPSA) is 114 Å². The van der Waals surface area contributed by atoms with E-state index in [4.69, 9.17) is 9.47 Å². The van der Waals surface area contributed by atoms with Gasteiger partial charge >= 0.3 is 12.1 Å². The van der Waals surface area contributed by atoms with E-state index in [1.807, 2.05) is 45.0 Å². The van der Waals surface area contributed by atoms with Crippen molar-refractivity contribution in [2.75, 3.05) is 13.2 Å². The number of alkyl carbamates (subject to hydrolysis) is 1. The van der Waals surface area contributed by atoms with Crippen LogP contribution in [0.3, 0.4) is 0 Å². The third kappa shape index (κ3) is 9.03. The van der Waals surface area contributed by atoms with Crippen LogP contribution in [-0.4, -0.2) is 59.6 Å². The van der Waals surface area contributed by atoms with Crippen molar-refractivity contribution in [1.29, 1.82) is 0 Å². The molecule has 1 aliphatic carbocycles. The van der Waals surface area contributed by atoms with Gasteiger partial charge in [-0.25, -0.2) is 4.79 Å². The van der Waals surface area contributed by atoms with Gasteiger partial charge in [0.1, 0.15) is 17.7 Å². The quantitative estimate of drug-likeness (QED) is 0.386. The Balaban J connectivity index is 2.43. The molecule has 2 N–H and O–H groups in total. The molecule has 0 saturated heterocycles. The molecule has 0 radical (unpaired) electrons. The van der Waals surface area contributed by atoms with Crippen molar-refractivity contribution in [3.05, 3.63) is 35.4 Å². The number of carbonyl (C=O) groups excluding carboxylic acids is 4. The first-order chi connectivity index (χ1) is 17.9. The van der Waals surface area contributed by atoms with Crippen LogP contribution in [-0.2, 0) is 23.9 Å². The van der Waals surface area contributed by atoms with Gasteiger partial charge in [0.25, 0.3) is 0 Å². The minimum absolute atomic E-state index is 0.0349. The summed E-state index contributed by atoms with van der Waals surface area (Å²) in [6, 6.07) is 5.60. The Morgan fingerprint density at radius 3 is 2.34 bits per heavy atom. The largest absolute Gasteiger partial charge is 0.466 e. The van der Waals surface area contributed by atoms with Crippen LogP contribution >= 0.6 is 0 Å². The first-order valence-electron chi connectivity index (χ1n) is 13.7. The summed E-state index contributed by atoms with van der Waals surface area (Å²) in [5.41, 5.74) is 0.918. The van der Waals surface area contributed by atoms with Crippen LogP contribution < -0.4 is 10.6 Å². The van der Waals surface area contributed by atoms with E-state index in [2.05, 4.69) is 10.6 Å². The van der Waals surface area contributed by atoms with Gasteiger partial charge in [0.2, 0.25) is 11.8 Å². The lowest BCUT2D eigenvalue weighted by Gasteiger charge is -2.44. The van der Waals surface area contributed by atoms with Crippen LogP contribution in [0, 0.1) is 12.8 Å². The second kappa shape index (κ2) is 14.2. The van der Waals surface area contributed by atoms with E-state index in [1.165, 1.54) is 0 Å². The smallest absolute Gasteiger partial charge is 0.408 e. The zero-order valence-corrected chi connectivity index (χ0v) is 24.0. The summed E-state index contributed by atoms with van der Waals surface area (Å²) in [5.74, 6) is -1.28. The molecule has 9 heteroatoms. The maximum atomic E-state index is 14.3. The number of ether oxygens (including phenoxy) is 2. The molecule has 3 amide bonds. The molecule has 1 aliphatic rings. The number of esters is 1. The number of hydrogen-bond donors (Lipinski definition) is 2. The molecule has 0 bridgehead atoms. The number of nitrogens with one attached hydrogen (secondary N) is 2. The van der Waals surface area contributed by atoms with Gasteiger partial charge in [-0.3, -0.25) is 14.4 Å². The summed E-state index contributed by atoms with van der Waals surface area (Å²) in [6.07, 6.45) is 2.50. The fourth-order valence-corrected chi connectivity index (χ4v) is 4.36. The molecule has 1 saturated carbocycles. The van der Waals surface area contributed by atoms with Crippen LogP contribution in [0.25, 0.3) is 0 Å². The summed E-state index contributed by atoms with van der Waals surface area (Å²) in [7, 11) is 0. The number of carbonyl (C=O) groups is 4. The molecule has 9 nitrogen and oxygen atoms in total. The van der Waals surface area contributed by atoms with E-state index >= 15 is 0 Å². The summed E-state index contributed by atoms with van der Waals surface area (Å²) in [4.78, 5) is 54.1. The van der Waals surface area contributed by atoms with Crippen LogP contribution in [0.1, 0.15) is 90.8 Å². The number of benzene rings is 1. The lowest BCUT2D eigenvalue weighted by atomic mass is 9.86. The molecule has 0 heterocycles. The number of amides is 3. The zero-order valence-electron chi connectivity index (χ0n) is 24.0. The minimum atomic E-state index is -0.915. The Labute approximate surface area is 227 Å². The number of aryl methyl sites for hydroxylation is 1. The molecular formula is C29H45N3O6. The molecule has 212 valence electrons. The minimum Gasteiger partial charge on any atom is -0.466 e.